The minimum Gasteiger partial charge on any atom is -0.480 e. The summed E-state index contributed by atoms with van der Waals surface area (Å²) >= 11 is 0. The zero-order valence-corrected chi connectivity index (χ0v) is 11.0. The van der Waals surface area contributed by atoms with Crippen molar-refractivity contribution in [3.8, 4) is 0 Å². The lowest BCUT2D eigenvalue weighted by atomic mass is 9.83. The van der Waals surface area contributed by atoms with Crippen LogP contribution in [0.4, 0.5) is 17.6 Å². The van der Waals surface area contributed by atoms with E-state index in [-0.39, 0.29) is 18.9 Å². The van der Waals surface area contributed by atoms with Gasteiger partial charge in [-0.3, -0.25) is 4.79 Å². The van der Waals surface area contributed by atoms with Crippen LogP contribution >= 0.6 is 0 Å². The summed E-state index contributed by atoms with van der Waals surface area (Å²) in [4.78, 5) is 10.9. The molecule has 0 bridgehead atoms. The van der Waals surface area contributed by atoms with Gasteiger partial charge in [-0.2, -0.15) is 0 Å². The van der Waals surface area contributed by atoms with E-state index in [1.165, 1.54) is 13.8 Å². The third-order valence-electron chi connectivity index (χ3n) is 3.21. The Labute approximate surface area is 113 Å². The Bertz CT molecular complexity index is 505. The molecule has 1 aromatic rings. The predicted octanol–water partition coefficient (Wildman–Crippen LogP) is 2.93. The van der Waals surface area contributed by atoms with E-state index in [2.05, 4.69) is 0 Å². The molecule has 0 radical (unpaired) electrons. The van der Waals surface area contributed by atoms with Crippen LogP contribution in [-0.2, 0) is 4.79 Å². The summed E-state index contributed by atoms with van der Waals surface area (Å²) < 4.78 is 53.7. The monoisotopic (exact) mass is 293 g/mol. The van der Waals surface area contributed by atoms with Crippen LogP contribution in [0.3, 0.4) is 0 Å². The fourth-order valence-electron chi connectivity index (χ4n) is 2.00. The topological polar surface area (TPSA) is 63.3 Å². The molecule has 7 heteroatoms. The lowest BCUT2D eigenvalue weighted by Gasteiger charge is -2.26. The number of carboxylic acid groups (broad SMARTS) is 1. The van der Waals surface area contributed by atoms with Crippen molar-refractivity contribution in [2.24, 2.45) is 5.73 Å². The zero-order chi connectivity index (χ0) is 15.7. The first-order valence-corrected chi connectivity index (χ1v) is 5.97. The lowest BCUT2D eigenvalue weighted by Crippen LogP contribution is -2.46. The van der Waals surface area contributed by atoms with E-state index in [0.717, 1.165) is 0 Å². The van der Waals surface area contributed by atoms with Gasteiger partial charge in [0.15, 0.2) is 23.3 Å². The maximum Gasteiger partial charge on any atom is 0.323 e. The lowest BCUT2D eigenvalue weighted by molar-refractivity contribution is -0.143. The highest BCUT2D eigenvalue weighted by Gasteiger charge is 2.34. The smallest absolute Gasteiger partial charge is 0.323 e. The molecule has 0 amide bonds. The minimum atomic E-state index is -1.76. The van der Waals surface area contributed by atoms with E-state index in [1.54, 1.807) is 0 Å². The molecule has 0 spiro atoms. The Hall–Kier alpha value is -1.63. The average molecular weight is 293 g/mol. The van der Waals surface area contributed by atoms with E-state index < -0.39 is 46.3 Å². The van der Waals surface area contributed by atoms with E-state index in [4.69, 9.17) is 10.8 Å². The summed E-state index contributed by atoms with van der Waals surface area (Å²) in [6, 6.07) is 0.111. The molecule has 0 aliphatic heterocycles. The SMILES string of the molecule is CCC(CC(C)(N)C(=O)O)c1c(F)c(F)cc(F)c1F. The molecular weight excluding hydrogens is 278 g/mol. The number of carbonyl (C=O) groups is 1. The number of nitrogens with two attached hydrogens (primary N) is 1. The fourth-order valence-corrected chi connectivity index (χ4v) is 2.00. The summed E-state index contributed by atoms with van der Waals surface area (Å²) in [6.45, 7) is 2.69. The van der Waals surface area contributed by atoms with Crippen molar-refractivity contribution < 1.29 is 27.5 Å². The highest BCUT2D eigenvalue weighted by Crippen LogP contribution is 2.33. The zero-order valence-electron chi connectivity index (χ0n) is 11.0. The molecule has 20 heavy (non-hydrogen) atoms. The maximum absolute atomic E-state index is 13.7. The number of rotatable bonds is 5. The highest BCUT2D eigenvalue weighted by atomic mass is 19.2. The first kappa shape index (κ1) is 16.4. The van der Waals surface area contributed by atoms with Crippen LogP contribution in [0, 0.1) is 23.3 Å². The molecule has 112 valence electrons. The molecule has 3 nitrogen and oxygen atoms in total. The number of hydrogen-bond donors (Lipinski definition) is 2. The van der Waals surface area contributed by atoms with Gasteiger partial charge < -0.3 is 10.8 Å². The standard InChI is InChI=1S/C13H15F4NO2/c1-3-6(5-13(2,18)12(19)20)9-10(16)7(14)4-8(15)11(9)17/h4,6H,3,5,18H2,1-2H3,(H,19,20). The van der Waals surface area contributed by atoms with Crippen molar-refractivity contribution >= 4 is 5.97 Å². The van der Waals surface area contributed by atoms with Crippen LogP contribution in [0.1, 0.15) is 38.2 Å². The molecule has 1 aromatic carbocycles. The Morgan fingerprint density at radius 2 is 1.75 bits per heavy atom. The van der Waals surface area contributed by atoms with Gasteiger partial charge in [0.25, 0.3) is 0 Å². The second-order valence-corrected chi connectivity index (χ2v) is 4.91. The third kappa shape index (κ3) is 3.09. The van der Waals surface area contributed by atoms with E-state index in [9.17, 15) is 22.4 Å². The number of hydrogen-bond acceptors (Lipinski definition) is 2. The second-order valence-electron chi connectivity index (χ2n) is 4.91. The molecule has 0 aromatic heterocycles. The molecule has 3 N–H and O–H groups in total. The van der Waals surface area contributed by atoms with Crippen molar-refractivity contribution in [3.63, 3.8) is 0 Å². The Kier molecular flexibility index (Phi) is 4.75. The van der Waals surface area contributed by atoms with E-state index in [0.29, 0.717) is 0 Å². The maximum atomic E-state index is 13.7. The van der Waals surface area contributed by atoms with Gasteiger partial charge in [0.05, 0.1) is 0 Å². The van der Waals surface area contributed by atoms with Gasteiger partial charge in [0.2, 0.25) is 0 Å². The number of benzene rings is 1. The van der Waals surface area contributed by atoms with Crippen LogP contribution in [0.25, 0.3) is 0 Å². The van der Waals surface area contributed by atoms with Crippen molar-refractivity contribution in [1.82, 2.24) is 0 Å². The summed E-state index contributed by atoms with van der Waals surface area (Å²) in [5.41, 5.74) is 2.95. The molecule has 2 atom stereocenters. The molecule has 0 fully saturated rings. The van der Waals surface area contributed by atoms with Crippen LogP contribution < -0.4 is 5.73 Å². The molecule has 0 saturated heterocycles. The molecule has 0 saturated carbocycles. The van der Waals surface area contributed by atoms with Crippen molar-refractivity contribution in [3.05, 3.63) is 34.9 Å². The van der Waals surface area contributed by atoms with E-state index in [1.807, 2.05) is 0 Å². The van der Waals surface area contributed by atoms with Crippen LogP contribution in [0.2, 0.25) is 0 Å². The van der Waals surface area contributed by atoms with Gasteiger partial charge in [-0.15, -0.1) is 0 Å². The van der Waals surface area contributed by atoms with Crippen LogP contribution in [0.5, 0.6) is 0 Å². The van der Waals surface area contributed by atoms with Gasteiger partial charge >= 0.3 is 5.97 Å². The summed E-state index contributed by atoms with van der Waals surface area (Å²) in [5.74, 6) is -8.49. The number of halogens is 4. The fraction of sp³-hybridized carbons (Fsp3) is 0.462. The molecule has 0 aliphatic rings. The van der Waals surface area contributed by atoms with Crippen molar-refractivity contribution in [2.45, 2.75) is 38.1 Å². The number of aliphatic carboxylic acids is 1. The summed E-state index contributed by atoms with van der Waals surface area (Å²) in [6.07, 6.45) is -0.271. The van der Waals surface area contributed by atoms with Gasteiger partial charge in [-0.1, -0.05) is 6.92 Å². The van der Waals surface area contributed by atoms with Gasteiger partial charge in [-0.25, -0.2) is 17.6 Å². The first-order chi connectivity index (χ1) is 9.11. The average Bonchev–Trinajstić information content (AvgIpc) is 2.35. The van der Waals surface area contributed by atoms with Gasteiger partial charge in [0.1, 0.15) is 5.54 Å². The predicted molar refractivity (Wildman–Crippen MR) is 64.2 cm³/mol. The Balaban J connectivity index is 3.30. The Morgan fingerprint density at radius 1 is 1.30 bits per heavy atom. The van der Waals surface area contributed by atoms with Gasteiger partial charge in [0, 0.05) is 11.6 Å². The highest BCUT2D eigenvalue weighted by molar-refractivity contribution is 5.77. The molecule has 0 heterocycles. The quantitative estimate of drug-likeness (QED) is 0.648. The summed E-state index contributed by atoms with van der Waals surface area (Å²) in [7, 11) is 0. The molecular formula is C13H15F4NO2. The van der Waals surface area contributed by atoms with Crippen LogP contribution in [-0.4, -0.2) is 16.6 Å². The van der Waals surface area contributed by atoms with Gasteiger partial charge in [-0.05, 0) is 25.7 Å². The summed E-state index contributed by atoms with van der Waals surface area (Å²) in [5, 5.41) is 8.92. The van der Waals surface area contributed by atoms with Crippen LogP contribution in [0.15, 0.2) is 6.07 Å². The third-order valence-corrected chi connectivity index (χ3v) is 3.21. The largest absolute Gasteiger partial charge is 0.480 e. The number of carboxylic acids is 1. The molecule has 2 unspecified atom stereocenters. The van der Waals surface area contributed by atoms with E-state index >= 15 is 0 Å². The normalized spacial score (nSPS) is 15.8. The first-order valence-electron chi connectivity index (χ1n) is 5.97. The van der Waals surface area contributed by atoms with Crippen molar-refractivity contribution in [1.29, 1.82) is 0 Å². The molecule has 0 aliphatic carbocycles. The van der Waals surface area contributed by atoms with Crippen molar-refractivity contribution in [2.75, 3.05) is 0 Å². The Morgan fingerprint density at radius 3 is 2.10 bits per heavy atom. The second kappa shape index (κ2) is 5.78. The molecule has 1 rings (SSSR count). The minimum absolute atomic E-state index is 0.0802.